The molecule has 0 aliphatic heterocycles. The number of hydrogen-bond acceptors (Lipinski definition) is 4. The van der Waals surface area contributed by atoms with E-state index in [0.717, 1.165) is 19.3 Å². The van der Waals surface area contributed by atoms with E-state index in [-0.39, 0.29) is 11.7 Å². The molecule has 0 aliphatic carbocycles. The molecule has 0 fully saturated rings. The van der Waals surface area contributed by atoms with Crippen LogP contribution in [0.5, 0.6) is 0 Å². The fourth-order valence-corrected chi connectivity index (χ4v) is 1.85. The molecule has 19 heavy (non-hydrogen) atoms. The maximum absolute atomic E-state index is 11.8. The first-order chi connectivity index (χ1) is 9.27. The van der Waals surface area contributed by atoms with Crippen LogP contribution < -0.4 is 0 Å². The number of amides is 1. The number of rotatable bonds is 6. The van der Waals surface area contributed by atoms with Crippen LogP contribution >= 0.6 is 0 Å². The number of aromatic nitrogens is 4. The number of aromatic amines is 1. The fraction of sp³-hybridized carbons (Fsp3) is 0.385. The minimum Gasteiger partial charge on any atom is -0.339 e. The summed E-state index contributed by atoms with van der Waals surface area (Å²) >= 11 is 0. The Bertz CT molecular complexity index is 497. The predicted molar refractivity (Wildman–Crippen MR) is 70.5 cm³/mol. The van der Waals surface area contributed by atoms with E-state index >= 15 is 0 Å². The van der Waals surface area contributed by atoms with Crippen molar-refractivity contribution in [3.63, 3.8) is 0 Å². The van der Waals surface area contributed by atoms with Crippen LogP contribution in [0.1, 0.15) is 29.0 Å². The molecule has 0 saturated carbocycles. The maximum Gasteiger partial charge on any atom is 0.295 e. The van der Waals surface area contributed by atoms with Crippen molar-refractivity contribution in [1.29, 1.82) is 0 Å². The van der Waals surface area contributed by atoms with Crippen molar-refractivity contribution in [3.05, 3.63) is 41.7 Å². The summed E-state index contributed by atoms with van der Waals surface area (Å²) in [4.78, 5) is 13.4. The molecule has 0 saturated heterocycles. The van der Waals surface area contributed by atoms with E-state index in [1.807, 2.05) is 18.2 Å². The highest BCUT2D eigenvalue weighted by atomic mass is 16.2. The van der Waals surface area contributed by atoms with E-state index in [0.29, 0.717) is 6.54 Å². The zero-order valence-corrected chi connectivity index (χ0v) is 10.9. The Hall–Kier alpha value is -2.24. The monoisotopic (exact) mass is 259 g/mol. The summed E-state index contributed by atoms with van der Waals surface area (Å²) in [6.45, 7) is 0.695. The highest BCUT2D eigenvalue weighted by Gasteiger charge is 2.15. The minimum absolute atomic E-state index is 0.116. The lowest BCUT2D eigenvalue weighted by molar-refractivity contribution is 0.0781. The highest BCUT2D eigenvalue weighted by Crippen LogP contribution is 2.05. The second-order valence-corrected chi connectivity index (χ2v) is 4.40. The molecular formula is C13H17N5O. The van der Waals surface area contributed by atoms with Crippen LogP contribution in [0.4, 0.5) is 0 Å². The summed E-state index contributed by atoms with van der Waals surface area (Å²) in [6.07, 6.45) is 3.04. The summed E-state index contributed by atoms with van der Waals surface area (Å²) in [5.74, 6) is -0.0842. The number of H-pyrrole nitrogens is 1. The zero-order chi connectivity index (χ0) is 13.5. The maximum atomic E-state index is 11.8. The van der Waals surface area contributed by atoms with Crippen molar-refractivity contribution in [3.8, 4) is 0 Å². The number of aryl methyl sites for hydroxylation is 1. The SMILES string of the molecule is CN(CCCCc1ccccc1)C(=O)c1nn[nH]n1. The van der Waals surface area contributed by atoms with E-state index in [2.05, 4.69) is 32.8 Å². The van der Waals surface area contributed by atoms with Gasteiger partial charge in [-0.25, -0.2) is 0 Å². The first-order valence-corrected chi connectivity index (χ1v) is 6.30. The van der Waals surface area contributed by atoms with Crippen LogP contribution in [0.3, 0.4) is 0 Å². The minimum atomic E-state index is -0.200. The molecular weight excluding hydrogens is 242 g/mol. The molecule has 1 heterocycles. The van der Waals surface area contributed by atoms with Gasteiger partial charge in [0.05, 0.1) is 0 Å². The molecule has 1 N–H and O–H groups in total. The number of carbonyl (C=O) groups excluding carboxylic acids is 1. The van der Waals surface area contributed by atoms with Crippen molar-refractivity contribution in [2.75, 3.05) is 13.6 Å². The predicted octanol–water partition coefficient (Wildman–Crippen LogP) is 1.29. The Labute approximate surface area is 111 Å². The molecule has 0 atom stereocenters. The van der Waals surface area contributed by atoms with Gasteiger partial charge in [-0.1, -0.05) is 30.3 Å². The summed E-state index contributed by atoms with van der Waals surface area (Å²) < 4.78 is 0. The molecule has 2 rings (SSSR count). The molecule has 1 aromatic carbocycles. The standard InChI is InChI=1S/C13H17N5O/c1-18(13(19)12-14-16-17-15-12)10-6-5-9-11-7-3-2-4-8-11/h2-4,7-8H,5-6,9-10H2,1H3,(H,14,15,16,17). The van der Waals surface area contributed by atoms with Crippen molar-refractivity contribution >= 4 is 5.91 Å². The fourth-order valence-electron chi connectivity index (χ4n) is 1.85. The Balaban J connectivity index is 1.70. The third-order valence-corrected chi connectivity index (χ3v) is 2.94. The molecule has 1 amide bonds. The molecule has 0 radical (unpaired) electrons. The third-order valence-electron chi connectivity index (χ3n) is 2.94. The molecule has 6 nitrogen and oxygen atoms in total. The van der Waals surface area contributed by atoms with Gasteiger partial charge in [-0.15, -0.1) is 10.2 Å². The molecule has 0 spiro atoms. The van der Waals surface area contributed by atoms with E-state index in [9.17, 15) is 4.79 Å². The molecule has 1 aromatic heterocycles. The topological polar surface area (TPSA) is 74.8 Å². The van der Waals surface area contributed by atoms with Crippen LogP contribution in [0.2, 0.25) is 0 Å². The van der Waals surface area contributed by atoms with Crippen LogP contribution in [0.15, 0.2) is 30.3 Å². The van der Waals surface area contributed by atoms with Gasteiger partial charge < -0.3 is 4.90 Å². The van der Waals surface area contributed by atoms with Crippen LogP contribution in [0, 0.1) is 0 Å². The zero-order valence-electron chi connectivity index (χ0n) is 10.9. The van der Waals surface area contributed by atoms with E-state index in [4.69, 9.17) is 0 Å². The lowest BCUT2D eigenvalue weighted by Crippen LogP contribution is -2.28. The van der Waals surface area contributed by atoms with E-state index in [1.165, 1.54) is 5.56 Å². The number of nitrogens with one attached hydrogen (secondary N) is 1. The number of unbranched alkanes of at least 4 members (excludes halogenated alkanes) is 1. The molecule has 6 heteroatoms. The first kappa shape index (κ1) is 13.2. The summed E-state index contributed by atoms with van der Waals surface area (Å²) in [5, 5.41) is 13.0. The van der Waals surface area contributed by atoms with E-state index in [1.54, 1.807) is 11.9 Å². The molecule has 0 unspecified atom stereocenters. The van der Waals surface area contributed by atoms with Gasteiger partial charge in [0.15, 0.2) is 0 Å². The van der Waals surface area contributed by atoms with Crippen molar-refractivity contribution in [1.82, 2.24) is 25.5 Å². The third kappa shape index (κ3) is 3.87. The lowest BCUT2D eigenvalue weighted by Gasteiger charge is -2.14. The average molecular weight is 259 g/mol. The molecule has 2 aromatic rings. The van der Waals surface area contributed by atoms with Crippen molar-refractivity contribution < 1.29 is 4.79 Å². The number of tetrazole rings is 1. The lowest BCUT2D eigenvalue weighted by atomic mass is 10.1. The van der Waals surface area contributed by atoms with Crippen LogP contribution in [0.25, 0.3) is 0 Å². The van der Waals surface area contributed by atoms with Gasteiger partial charge in [0, 0.05) is 13.6 Å². The van der Waals surface area contributed by atoms with Gasteiger partial charge in [-0.3, -0.25) is 4.79 Å². The largest absolute Gasteiger partial charge is 0.339 e. The number of hydrogen-bond donors (Lipinski definition) is 1. The second kappa shape index (κ2) is 6.63. The van der Waals surface area contributed by atoms with E-state index < -0.39 is 0 Å². The van der Waals surface area contributed by atoms with Gasteiger partial charge in [0.25, 0.3) is 11.7 Å². The number of nitrogens with zero attached hydrogens (tertiary/aromatic N) is 4. The van der Waals surface area contributed by atoms with Crippen LogP contribution in [-0.2, 0) is 6.42 Å². The molecule has 0 aliphatic rings. The quantitative estimate of drug-likeness (QED) is 0.793. The number of benzene rings is 1. The van der Waals surface area contributed by atoms with Crippen molar-refractivity contribution in [2.45, 2.75) is 19.3 Å². The van der Waals surface area contributed by atoms with Gasteiger partial charge in [0.2, 0.25) is 0 Å². The van der Waals surface area contributed by atoms with Gasteiger partial charge >= 0.3 is 0 Å². The Morgan fingerprint density at radius 2 is 2.05 bits per heavy atom. The first-order valence-electron chi connectivity index (χ1n) is 6.30. The smallest absolute Gasteiger partial charge is 0.295 e. The second-order valence-electron chi connectivity index (χ2n) is 4.40. The summed E-state index contributed by atoms with van der Waals surface area (Å²) in [6, 6.07) is 10.3. The molecule has 100 valence electrons. The number of carbonyl (C=O) groups is 1. The summed E-state index contributed by atoms with van der Waals surface area (Å²) in [7, 11) is 1.75. The van der Waals surface area contributed by atoms with Gasteiger partial charge in [0.1, 0.15) is 0 Å². The van der Waals surface area contributed by atoms with Crippen molar-refractivity contribution in [2.24, 2.45) is 0 Å². The highest BCUT2D eigenvalue weighted by molar-refractivity contribution is 5.89. The average Bonchev–Trinajstić information content (AvgIpc) is 2.98. The van der Waals surface area contributed by atoms with Crippen LogP contribution in [-0.4, -0.2) is 45.0 Å². The summed E-state index contributed by atoms with van der Waals surface area (Å²) in [5.41, 5.74) is 1.33. The normalized spacial score (nSPS) is 10.4. The van der Waals surface area contributed by atoms with Gasteiger partial charge in [-0.2, -0.15) is 5.21 Å². The Morgan fingerprint density at radius 3 is 2.74 bits per heavy atom. The molecule has 0 bridgehead atoms. The van der Waals surface area contributed by atoms with Gasteiger partial charge in [-0.05, 0) is 30.0 Å². The Morgan fingerprint density at radius 1 is 1.26 bits per heavy atom. The Kier molecular flexibility index (Phi) is 4.60.